The van der Waals surface area contributed by atoms with Gasteiger partial charge in [-0.1, -0.05) is 58.0 Å². The minimum absolute atomic E-state index is 0.552. The van der Waals surface area contributed by atoms with Gasteiger partial charge in [0.2, 0.25) is 5.95 Å². The van der Waals surface area contributed by atoms with E-state index in [4.69, 9.17) is 0 Å². The van der Waals surface area contributed by atoms with Gasteiger partial charge >= 0.3 is 0 Å². The molecule has 0 aliphatic rings. The molecule has 2 aromatic rings. The molecule has 1 aromatic heterocycles. The van der Waals surface area contributed by atoms with Crippen LogP contribution in [0.2, 0.25) is 0 Å². The van der Waals surface area contributed by atoms with Crippen LogP contribution in [0, 0.1) is 11.8 Å². The summed E-state index contributed by atoms with van der Waals surface area (Å²) in [6.45, 7) is 10.6. The monoisotopic (exact) mass is 312 g/mol. The molecular weight excluding hydrogens is 284 g/mol. The Hall–Kier alpha value is -2.10. The van der Waals surface area contributed by atoms with Crippen LogP contribution in [-0.4, -0.2) is 23.1 Å². The number of anilines is 2. The van der Waals surface area contributed by atoms with Gasteiger partial charge in [0.1, 0.15) is 5.82 Å². The summed E-state index contributed by atoms with van der Waals surface area (Å²) in [4.78, 5) is 9.25. The Morgan fingerprint density at radius 3 is 2.30 bits per heavy atom. The lowest BCUT2D eigenvalue weighted by Crippen LogP contribution is -2.13. The molecule has 2 N–H and O–H groups in total. The van der Waals surface area contributed by atoms with Gasteiger partial charge in [0.15, 0.2) is 0 Å². The Labute approximate surface area is 139 Å². The molecule has 2 rings (SSSR count). The van der Waals surface area contributed by atoms with Crippen molar-refractivity contribution in [2.75, 3.05) is 23.7 Å². The third-order valence-corrected chi connectivity index (χ3v) is 3.49. The summed E-state index contributed by atoms with van der Waals surface area (Å²) in [5.74, 6) is 2.80. The van der Waals surface area contributed by atoms with E-state index >= 15 is 0 Å². The molecule has 124 valence electrons. The molecule has 0 bridgehead atoms. The van der Waals surface area contributed by atoms with Crippen molar-refractivity contribution in [1.29, 1.82) is 0 Å². The number of rotatable bonds is 8. The third-order valence-electron chi connectivity index (χ3n) is 3.49. The van der Waals surface area contributed by atoms with E-state index in [1.807, 2.05) is 24.3 Å². The average Bonchev–Trinajstić information content (AvgIpc) is 2.53. The molecule has 0 amide bonds. The minimum atomic E-state index is 0.552. The molecule has 0 saturated carbocycles. The van der Waals surface area contributed by atoms with Gasteiger partial charge in [0.25, 0.3) is 0 Å². The van der Waals surface area contributed by atoms with Crippen molar-refractivity contribution in [2.45, 2.75) is 34.1 Å². The Balaban J connectivity index is 2.20. The minimum Gasteiger partial charge on any atom is -0.370 e. The fraction of sp³-hybridized carbons (Fsp3) is 0.474. The van der Waals surface area contributed by atoms with Crippen LogP contribution in [0.5, 0.6) is 0 Å². The van der Waals surface area contributed by atoms with Crippen molar-refractivity contribution in [3.63, 3.8) is 0 Å². The summed E-state index contributed by atoms with van der Waals surface area (Å²) in [7, 11) is 0. The van der Waals surface area contributed by atoms with Crippen molar-refractivity contribution in [1.82, 2.24) is 9.97 Å². The van der Waals surface area contributed by atoms with Crippen LogP contribution in [0.25, 0.3) is 11.3 Å². The second-order valence-electron chi connectivity index (χ2n) is 6.71. The van der Waals surface area contributed by atoms with Crippen molar-refractivity contribution >= 4 is 11.8 Å². The molecule has 0 aliphatic heterocycles. The molecule has 4 heteroatoms. The van der Waals surface area contributed by atoms with E-state index in [9.17, 15) is 0 Å². The van der Waals surface area contributed by atoms with Gasteiger partial charge in [0, 0.05) is 24.7 Å². The maximum absolute atomic E-state index is 4.66. The lowest BCUT2D eigenvalue weighted by atomic mass is 10.1. The normalized spacial score (nSPS) is 11.0. The highest BCUT2D eigenvalue weighted by molar-refractivity contribution is 5.64. The summed E-state index contributed by atoms with van der Waals surface area (Å²) in [5, 5.41) is 6.75. The highest BCUT2D eigenvalue weighted by Gasteiger charge is 2.07. The van der Waals surface area contributed by atoms with Crippen molar-refractivity contribution in [2.24, 2.45) is 11.8 Å². The Morgan fingerprint density at radius 2 is 1.65 bits per heavy atom. The summed E-state index contributed by atoms with van der Waals surface area (Å²) in [6, 6.07) is 12.3. The van der Waals surface area contributed by atoms with Crippen molar-refractivity contribution < 1.29 is 0 Å². The highest BCUT2D eigenvalue weighted by Crippen LogP contribution is 2.21. The second kappa shape index (κ2) is 8.51. The highest BCUT2D eigenvalue weighted by atomic mass is 15.1. The van der Waals surface area contributed by atoms with Crippen LogP contribution in [0.4, 0.5) is 11.8 Å². The zero-order valence-corrected chi connectivity index (χ0v) is 14.6. The topological polar surface area (TPSA) is 49.8 Å². The number of nitrogens with one attached hydrogen (secondary N) is 2. The number of nitrogens with zero attached hydrogens (tertiary/aromatic N) is 2. The molecule has 0 atom stereocenters. The van der Waals surface area contributed by atoms with Crippen LogP contribution in [-0.2, 0) is 0 Å². The zero-order valence-electron chi connectivity index (χ0n) is 14.6. The Kier molecular flexibility index (Phi) is 6.39. The maximum Gasteiger partial charge on any atom is 0.225 e. The van der Waals surface area contributed by atoms with E-state index in [2.05, 4.69) is 60.4 Å². The second-order valence-corrected chi connectivity index (χ2v) is 6.71. The molecule has 0 fully saturated rings. The molecular formula is C19H28N4. The predicted molar refractivity (Wildman–Crippen MR) is 98.7 cm³/mol. The summed E-state index contributed by atoms with van der Waals surface area (Å²) >= 11 is 0. The summed E-state index contributed by atoms with van der Waals surface area (Å²) in [5.41, 5.74) is 2.05. The molecule has 1 aromatic carbocycles. The van der Waals surface area contributed by atoms with E-state index in [-0.39, 0.29) is 0 Å². The standard InChI is InChI=1S/C19H28N4/c1-14(2)10-11-20-18-12-17(16-8-6-5-7-9-16)22-19(23-18)21-13-15(3)4/h5-9,12,14-15H,10-11,13H2,1-4H3,(H2,20,21,22,23). The molecule has 23 heavy (non-hydrogen) atoms. The molecule has 4 nitrogen and oxygen atoms in total. The fourth-order valence-electron chi connectivity index (χ4n) is 2.16. The first kappa shape index (κ1) is 17.3. The van der Waals surface area contributed by atoms with Crippen LogP contribution in [0.1, 0.15) is 34.1 Å². The van der Waals surface area contributed by atoms with Crippen molar-refractivity contribution in [3.8, 4) is 11.3 Å². The number of hydrogen-bond donors (Lipinski definition) is 2. The Bertz CT molecular complexity index is 594. The third kappa shape index (κ3) is 5.89. The lowest BCUT2D eigenvalue weighted by molar-refractivity contribution is 0.606. The maximum atomic E-state index is 4.66. The molecule has 1 heterocycles. The van der Waals surface area contributed by atoms with Crippen LogP contribution in [0.3, 0.4) is 0 Å². The molecule has 0 unspecified atom stereocenters. The first-order chi connectivity index (χ1) is 11.0. The molecule has 0 aliphatic carbocycles. The predicted octanol–water partition coefficient (Wildman–Crippen LogP) is 4.67. The number of hydrogen-bond acceptors (Lipinski definition) is 4. The van der Waals surface area contributed by atoms with E-state index in [0.717, 1.165) is 36.6 Å². The van der Waals surface area contributed by atoms with E-state index in [0.29, 0.717) is 17.8 Å². The average molecular weight is 312 g/mol. The molecule has 0 saturated heterocycles. The van der Waals surface area contributed by atoms with Crippen molar-refractivity contribution in [3.05, 3.63) is 36.4 Å². The summed E-state index contributed by atoms with van der Waals surface area (Å²) < 4.78 is 0. The first-order valence-electron chi connectivity index (χ1n) is 8.47. The van der Waals surface area contributed by atoms with Crippen LogP contribution < -0.4 is 10.6 Å². The van der Waals surface area contributed by atoms with Gasteiger partial charge in [-0.15, -0.1) is 0 Å². The van der Waals surface area contributed by atoms with Gasteiger partial charge in [-0.25, -0.2) is 4.98 Å². The summed E-state index contributed by atoms with van der Waals surface area (Å²) in [6.07, 6.45) is 1.12. The first-order valence-corrected chi connectivity index (χ1v) is 8.47. The van der Waals surface area contributed by atoms with Gasteiger partial charge < -0.3 is 10.6 Å². The van der Waals surface area contributed by atoms with E-state index < -0.39 is 0 Å². The zero-order chi connectivity index (χ0) is 16.7. The van der Waals surface area contributed by atoms with Gasteiger partial charge in [-0.3, -0.25) is 0 Å². The van der Waals surface area contributed by atoms with Crippen LogP contribution in [0.15, 0.2) is 36.4 Å². The number of benzene rings is 1. The largest absolute Gasteiger partial charge is 0.370 e. The Morgan fingerprint density at radius 1 is 0.913 bits per heavy atom. The lowest BCUT2D eigenvalue weighted by Gasteiger charge is -2.13. The SMILES string of the molecule is CC(C)CCNc1cc(-c2ccccc2)nc(NCC(C)C)n1. The number of aromatic nitrogens is 2. The van der Waals surface area contributed by atoms with E-state index in [1.165, 1.54) is 0 Å². The van der Waals surface area contributed by atoms with Gasteiger partial charge in [-0.2, -0.15) is 4.98 Å². The fourth-order valence-corrected chi connectivity index (χ4v) is 2.16. The van der Waals surface area contributed by atoms with E-state index in [1.54, 1.807) is 0 Å². The molecule has 0 spiro atoms. The van der Waals surface area contributed by atoms with Crippen LogP contribution >= 0.6 is 0 Å². The van der Waals surface area contributed by atoms with Gasteiger partial charge in [0.05, 0.1) is 5.69 Å². The smallest absolute Gasteiger partial charge is 0.225 e. The van der Waals surface area contributed by atoms with Gasteiger partial charge in [-0.05, 0) is 18.3 Å². The molecule has 0 radical (unpaired) electrons. The quantitative estimate of drug-likeness (QED) is 0.743.